The molecule has 2 N–H and O–H groups in total. The van der Waals surface area contributed by atoms with Crippen LogP contribution in [0.1, 0.15) is 0 Å². The minimum atomic E-state index is 1.88. The molecule has 0 aromatic carbocycles. The van der Waals surface area contributed by atoms with Crippen molar-refractivity contribution in [1.29, 1.82) is 0 Å². The van der Waals surface area contributed by atoms with Crippen molar-refractivity contribution < 1.29 is 10.5 Å². The molecule has 0 saturated carbocycles. The van der Waals surface area contributed by atoms with E-state index in [4.69, 9.17) is 10.5 Å². The monoisotopic (exact) mass is 100 g/mol. The lowest BCUT2D eigenvalue weighted by atomic mass is 10.7. The van der Waals surface area contributed by atoms with Crippen molar-refractivity contribution in [2.45, 2.75) is 0 Å². The summed E-state index contributed by atoms with van der Waals surface area (Å²) in [4.78, 5) is 2.86. The van der Waals surface area contributed by atoms with Crippen molar-refractivity contribution in [1.82, 2.24) is 4.98 Å². The third-order valence-electron chi connectivity index (χ3n) is 0.496. The highest BCUT2D eigenvalue weighted by Gasteiger charge is 1.55. The molecule has 1 heterocycles. The van der Waals surface area contributed by atoms with Gasteiger partial charge in [-0.15, -0.1) is 0 Å². The molecular formula is C4H6NO2. The highest BCUT2D eigenvalue weighted by atomic mass is 17.0. The second-order valence-electron chi connectivity index (χ2n) is 0.885. The van der Waals surface area contributed by atoms with Gasteiger partial charge >= 0.3 is 0 Å². The van der Waals surface area contributed by atoms with E-state index in [1.165, 1.54) is 0 Å². The second-order valence-corrected chi connectivity index (χ2v) is 0.885. The Morgan fingerprint density at radius 1 is 1.14 bits per heavy atom. The van der Waals surface area contributed by atoms with Crippen LogP contribution in [0.25, 0.3) is 0 Å². The van der Waals surface area contributed by atoms with Crippen molar-refractivity contribution in [2.24, 2.45) is 0 Å². The molecule has 0 atom stereocenters. The lowest BCUT2D eigenvalue weighted by Gasteiger charge is -1.49. The largest absolute Gasteiger partial charge is 0.368 e. The van der Waals surface area contributed by atoms with Crippen molar-refractivity contribution in [3.05, 3.63) is 24.5 Å². The van der Waals surface area contributed by atoms with Gasteiger partial charge in [0.1, 0.15) is 0 Å². The number of hydrogen-bond acceptors (Lipinski definition) is 1. The second kappa shape index (κ2) is 5.20. The molecule has 3 heteroatoms. The average molecular weight is 100 g/mol. The van der Waals surface area contributed by atoms with Crippen molar-refractivity contribution in [2.75, 3.05) is 0 Å². The third kappa shape index (κ3) is 3.02. The van der Waals surface area contributed by atoms with Crippen LogP contribution >= 0.6 is 0 Å². The molecule has 3 nitrogen and oxygen atoms in total. The molecule has 0 aliphatic heterocycles. The number of hydrogen-bond donors (Lipinski definition) is 2. The maximum atomic E-state index is 7.25. The first kappa shape index (κ1) is 6.20. The predicted octanol–water partition coefficient (Wildman–Crippen LogP) is 0.905. The van der Waals surface area contributed by atoms with Gasteiger partial charge in [0, 0.05) is 12.4 Å². The molecule has 1 aromatic heterocycles. The summed E-state index contributed by atoms with van der Waals surface area (Å²) in [7, 11) is 0. The standard InChI is InChI=1S/C4H5N.HO2/c1-2-4-5-3-1;1-2/h1-5H;1H. The first-order chi connectivity index (χ1) is 3.50. The van der Waals surface area contributed by atoms with Crippen LogP contribution in [-0.2, 0) is 5.26 Å². The van der Waals surface area contributed by atoms with E-state index in [-0.39, 0.29) is 0 Å². The summed E-state index contributed by atoms with van der Waals surface area (Å²) >= 11 is 0. The van der Waals surface area contributed by atoms with Crippen LogP contribution in [0.5, 0.6) is 0 Å². The first-order valence-corrected chi connectivity index (χ1v) is 1.76. The van der Waals surface area contributed by atoms with Gasteiger partial charge in [0.2, 0.25) is 0 Å². The van der Waals surface area contributed by atoms with Gasteiger partial charge in [-0.25, -0.2) is 5.26 Å². The summed E-state index contributed by atoms with van der Waals surface area (Å²) in [5, 5.41) is 13.0. The zero-order chi connectivity index (χ0) is 5.54. The summed E-state index contributed by atoms with van der Waals surface area (Å²) in [5.74, 6) is 0. The molecule has 1 rings (SSSR count). The number of H-pyrrole nitrogens is 1. The minimum Gasteiger partial charge on any atom is -0.368 e. The summed E-state index contributed by atoms with van der Waals surface area (Å²) in [6, 6.07) is 3.89. The van der Waals surface area contributed by atoms with E-state index in [0.717, 1.165) is 0 Å². The van der Waals surface area contributed by atoms with E-state index in [2.05, 4.69) is 4.98 Å². The smallest absolute Gasteiger partial charge is 0.000496 e. The quantitative estimate of drug-likeness (QED) is 0.369. The summed E-state index contributed by atoms with van der Waals surface area (Å²) in [5.41, 5.74) is 0. The van der Waals surface area contributed by atoms with Crippen molar-refractivity contribution in [3.8, 4) is 0 Å². The van der Waals surface area contributed by atoms with Crippen LogP contribution in [0.2, 0.25) is 0 Å². The molecule has 39 valence electrons. The highest BCUT2D eigenvalue weighted by Crippen LogP contribution is 1.72. The number of aromatic nitrogens is 1. The first-order valence-electron chi connectivity index (χ1n) is 1.76. The van der Waals surface area contributed by atoms with Crippen LogP contribution in [0.15, 0.2) is 24.5 Å². The molecule has 0 bridgehead atoms. The molecule has 0 spiro atoms. The lowest BCUT2D eigenvalue weighted by Crippen LogP contribution is -1.38. The molecule has 0 amide bonds. The Bertz CT molecular complexity index is 66.2. The molecule has 7 heavy (non-hydrogen) atoms. The van der Waals surface area contributed by atoms with Crippen LogP contribution in [0.4, 0.5) is 0 Å². The van der Waals surface area contributed by atoms with E-state index in [1.807, 2.05) is 24.5 Å². The van der Waals surface area contributed by atoms with Crippen molar-refractivity contribution in [3.63, 3.8) is 0 Å². The summed E-state index contributed by atoms with van der Waals surface area (Å²) < 4.78 is 0. The fourth-order valence-corrected chi connectivity index (χ4v) is 0.278. The van der Waals surface area contributed by atoms with Crippen LogP contribution in [0, 0.1) is 0 Å². The number of nitrogens with one attached hydrogen (secondary N) is 1. The van der Waals surface area contributed by atoms with Gasteiger partial charge in [-0.3, -0.25) is 0 Å². The third-order valence-corrected chi connectivity index (χ3v) is 0.496. The van der Waals surface area contributed by atoms with Crippen LogP contribution < -0.4 is 0 Å². The molecule has 1 aromatic rings. The van der Waals surface area contributed by atoms with E-state index in [1.54, 1.807) is 0 Å². The van der Waals surface area contributed by atoms with Gasteiger partial charge in [0.25, 0.3) is 0 Å². The minimum absolute atomic E-state index is 1.88. The molecule has 0 aliphatic carbocycles. The zero-order valence-corrected chi connectivity index (χ0v) is 3.66. The Kier molecular flexibility index (Phi) is 4.61. The Morgan fingerprint density at radius 3 is 1.71 bits per heavy atom. The van der Waals surface area contributed by atoms with Gasteiger partial charge in [-0.2, -0.15) is 0 Å². The normalized spacial score (nSPS) is 6.57. The molecule has 0 saturated heterocycles. The zero-order valence-electron chi connectivity index (χ0n) is 3.66. The molecular weight excluding hydrogens is 94.0 g/mol. The maximum Gasteiger partial charge on any atom is 0.000496 e. The maximum absolute atomic E-state index is 7.25. The summed E-state index contributed by atoms with van der Waals surface area (Å²) in [6.07, 6.45) is 3.75. The van der Waals surface area contributed by atoms with Crippen LogP contribution in [0.3, 0.4) is 0 Å². The van der Waals surface area contributed by atoms with Crippen LogP contribution in [-0.4, -0.2) is 10.2 Å². The van der Waals surface area contributed by atoms with Gasteiger partial charge in [-0.05, 0) is 17.4 Å². The van der Waals surface area contributed by atoms with E-state index >= 15 is 0 Å². The van der Waals surface area contributed by atoms with Gasteiger partial charge in [-0.1, -0.05) is 0 Å². The Morgan fingerprint density at radius 2 is 1.57 bits per heavy atom. The fraction of sp³-hybridized carbons (Fsp3) is 0. The van der Waals surface area contributed by atoms with Gasteiger partial charge in [0.05, 0.1) is 0 Å². The summed E-state index contributed by atoms with van der Waals surface area (Å²) in [6.45, 7) is 0. The Hall–Kier alpha value is -0.800. The van der Waals surface area contributed by atoms with Crippen molar-refractivity contribution >= 4 is 0 Å². The average Bonchev–Trinajstić information content (AvgIpc) is 2.23. The van der Waals surface area contributed by atoms with E-state index < -0.39 is 0 Å². The lowest BCUT2D eigenvalue weighted by molar-refractivity contribution is -0.247. The van der Waals surface area contributed by atoms with E-state index in [9.17, 15) is 0 Å². The SMILES string of the molecule is [O]O.c1cc[nH]c1. The number of rotatable bonds is 0. The molecule has 0 fully saturated rings. The molecule has 0 aliphatic rings. The Labute approximate surface area is 41.2 Å². The predicted molar refractivity (Wildman–Crippen MR) is 24.1 cm³/mol. The van der Waals surface area contributed by atoms with Gasteiger partial charge in [0.15, 0.2) is 0 Å². The number of aromatic amines is 1. The fourth-order valence-electron chi connectivity index (χ4n) is 0.278. The molecule has 0 unspecified atom stereocenters. The molecule has 1 radical (unpaired) electrons. The highest BCUT2D eigenvalue weighted by molar-refractivity contribution is 4.84. The van der Waals surface area contributed by atoms with E-state index in [0.29, 0.717) is 0 Å². The Balaban J connectivity index is 0.000000162. The topological polar surface area (TPSA) is 55.9 Å². The van der Waals surface area contributed by atoms with Gasteiger partial charge < -0.3 is 4.98 Å².